The maximum absolute atomic E-state index is 13.3. The number of fused-ring (bicyclic) bond motifs is 1. The van der Waals surface area contributed by atoms with Crippen LogP contribution in [0.4, 0.5) is 11.5 Å². The van der Waals surface area contributed by atoms with Gasteiger partial charge in [-0.05, 0) is 37.6 Å². The van der Waals surface area contributed by atoms with Crippen LogP contribution < -0.4 is 19.9 Å². The fourth-order valence-corrected chi connectivity index (χ4v) is 4.47. The highest BCUT2D eigenvalue weighted by Gasteiger charge is 2.33. The van der Waals surface area contributed by atoms with Crippen LogP contribution in [-0.4, -0.2) is 54.7 Å². The van der Waals surface area contributed by atoms with E-state index < -0.39 is 5.79 Å². The quantitative estimate of drug-likeness (QED) is 0.532. The molecule has 168 valence electrons. The molecule has 2 N–H and O–H groups in total. The summed E-state index contributed by atoms with van der Waals surface area (Å²) in [6, 6.07) is 11.0. The number of carbonyl (C=O) groups excluding carboxylic acids is 1. The van der Waals surface area contributed by atoms with Crippen molar-refractivity contribution in [3.63, 3.8) is 0 Å². The predicted octanol–water partition coefficient (Wildman–Crippen LogP) is 2.78. The lowest BCUT2D eigenvalue weighted by molar-refractivity contribution is -0.147. The lowest BCUT2D eigenvalue weighted by Gasteiger charge is -2.29. The summed E-state index contributed by atoms with van der Waals surface area (Å²) in [6.45, 7) is 3.51. The van der Waals surface area contributed by atoms with Gasteiger partial charge in [0.1, 0.15) is 23.0 Å². The summed E-state index contributed by atoms with van der Waals surface area (Å²) in [5, 5.41) is 16.3. The van der Waals surface area contributed by atoms with E-state index in [1.165, 1.54) is 11.3 Å². The van der Waals surface area contributed by atoms with Crippen LogP contribution in [0.5, 0.6) is 5.75 Å². The van der Waals surface area contributed by atoms with Crippen LogP contribution in [0.1, 0.15) is 27.5 Å². The molecule has 32 heavy (non-hydrogen) atoms. The van der Waals surface area contributed by atoms with Gasteiger partial charge in [0.05, 0.1) is 4.88 Å². The minimum atomic E-state index is -1.46. The molecule has 3 heterocycles. The predicted molar refractivity (Wildman–Crippen MR) is 126 cm³/mol. The molecule has 8 nitrogen and oxygen atoms in total. The van der Waals surface area contributed by atoms with Crippen molar-refractivity contribution in [3.05, 3.63) is 64.2 Å². The van der Waals surface area contributed by atoms with Gasteiger partial charge in [-0.2, -0.15) is 0 Å². The van der Waals surface area contributed by atoms with E-state index in [1.807, 2.05) is 55.6 Å². The largest absolute Gasteiger partial charge is 0.457 e. The topological polar surface area (TPSA) is 90.8 Å². The highest BCUT2D eigenvalue weighted by Crippen LogP contribution is 2.34. The molecular formula is C23H27N5O3S. The molecule has 0 radical (unpaired) electrons. The number of thiophene rings is 1. The van der Waals surface area contributed by atoms with E-state index >= 15 is 0 Å². The smallest absolute Gasteiger partial charge is 0.263 e. The molecule has 1 aromatic carbocycles. The molecule has 3 aromatic rings. The first kappa shape index (κ1) is 22.2. The minimum absolute atomic E-state index is 0.162. The summed E-state index contributed by atoms with van der Waals surface area (Å²) in [7, 11) is 3.75. The summed E-state index contributed by atoms with van der Waals surface area (Å²) in [6.07, 6.45) is 1.97. The maximum atomic E-state index is 13.3. The molecule has 2 aromatic heterocycles. The number of nitrogens with one attached hydrogen (secondary N) is 1. The number of hydrogen-bond donors (Lipinski definition) is 2. The van der Waals surface area contributed by atoms with Gasteiger partial charge in [0, 0.05) is 51.1 Å². The first-order valence-electron chi connectivity index (χ1n) is 10.5. The third kappa shape index (κ3) is 4.45. The lowest BCUT2D eigenvalue weighted by Crippen LogP contribution is -2.35. The van der Waals surface area contributed by atoms with Crippen molar-refractivity contribution < 1.29 is 14.6 Å². The minimum Gasteiger partial charge on any atom is -0.457 e. The summed E-state index contributed by atoms with van der Waals surface area (Å²) in [5.74, 6) is 0.125. The summed E-state index contributed by atoms with van der Waals surface area (Å²) in [5.41, 5.74) is 1.16. The van der Waals surface area contributed by atoms with Gasteiger partial charge in [-0.25, -0.2) is 9.97 Å². The van der Waals surface area contributed by atoms with E-state index in [0.717, 1.165) is 4.88 Å². The molecule has 9 heteroatoms. The molecule has 0 aliphatic carbocycles. The van der Waals surface area contributed by atoms with Crippen LogP contribution in [0, 0.1) is 6.92 Å². The van der Waals surface area contributed by atoms with Gasteiger partial charge < -0.3 is 25.0 Å². The highest BCUT2D eigenvalue weighted by atomic mass is 32.1. The van der Waals surface area contributed by atoms with Crippen molar-refractivity contribution >= 4 is 28.7 Å². The van der Waals surface area contributed by atoms with Crippen molar-refractivity contribution in [2.24, 2.45) is 0 Å². The average molecular weight is 454 g/mol. The van der Waals surface area contributed by atoms with Gasteiger partial charge in [0.2, 0.25) is 5.79 Å². The number of carbonyl (C=O) groups is 1. The molecule has 1 aliphatic heterocycles. The Hall–Kier alpha value is -3.01. The van der Waals surface area contributed by atoms with Crippen LogP contribution in [0.15, 0.2) is 48.0 Å². The SMILES string of the molecule is CNCC[C@@](O)(Oc1cccc(N2CCN(C)c3nc(C)ncc3C2=O)c1)c1cccs1. The molecule has 1 atom stereocenters. The Bertz CT molecular complexity index is 1090. The first-order chi connectivity index (χ1) is 15.4. The first-order valence-corrected chi connectivity index (χ1v) is 11.4. The Morgan fingerprint density at radius 1 is 1.28 bits per heavy atom. The van der Waals surface area contributed by atoms with Gasteiger partial charge in [-0.1, -0.05) is 12.1 Å². The van der Waals surface area contributed by atoms with Crippen molar-refractivity contribution in [1.29, 1.82) is 0 Å². The zero-order valence-electron chi connectivity index (χ0n) is 18.4. The molecular weight excluding hydrogens is 426 g/mol. The third-order valence-electron chi connectivity index (χ3n) is 5.42. The lowest BCUT2D eigenvalue weighted by atomic mass is 10.1. The molecule has 0 fully saturated rings. The van der Waals surface area contributed by atoms with Gasteiger partial charge >= 0.3 is 0 Å². The Morgan fingerprint density at radius 2 is 2.12 bits per heavy atom. The van der Waals surface area contributed by atoms with Gasteiger partial charge in [0.15, 0.2) is 0 Å². The number of hydrogen-bond acceptors (Lipinski definition) is 8. The van der Waals surface area contributed by atoms with Crippen LogP contribution in [0.3, 0.4) is 0 Å². The number of ether oxygens (including phenoxy) is 1. The average Bonchev–Trinajstić information content (AvgIpc) is 3.30. The van der Waals surface area contributed by atoms with E-state index in [0.29, 0.717) is 54.7 Å². The zero-order valence-corrected chi connectivity index (χ0v) is 19.2. The molecule has 0 saturated carbocycles. The summed E-state index contributed by atoms with van der Waals surface area (Å²) in [4.78, 5) is 26.4. The number of aliphatic hydroxyl groups is 1. The molecule has 0 saturated heterocycles. The number of benzene rings is 1. The summed E-state index contributed by atoms with van der Waals surface area (Å²) < 4.78 is 6.11. The second-order valence-electron chi connectivity index (χ2n) is 7.75. The Morgan fingerprint density at radius 3 is 2.88 bits per heavy atom. The van der Waals surface area contributed by atoms with Crippen molar-refractivity contribution in [2.45, 2.75) is 19.1 Å². The Kier molecular flexibility index (Phi) is 6.40. The van der Waals surface area contributed by atoms with E-state index in [1.54, 1.807) is 23.2 Å². The standard InChI is InChI=1S/C23H27N5O3S/c1-16-25-15-19-21(26-16)27(3)11-12-28(22(19)29)17-6-4-7-18(14-17)31-23(30,9-10-24-2)20-8-5-13-32-20/h4-8,13-15,24,30H,9-12H2,1-3H3/t23-/m1/s1. The van der Waals surface area contributed by atoms with Gasteiger partial charge in [-0.15, -0.1) is 11.3 Å². The highest BCUT2D eigenvalue weighted by molar-refractivity contribution is 7.10. The van der Waals surface area contributed by atoms with E-state index in [4.69, 9.17) is 4.74 Å². The van der Waals surface area contributed by atoms with Crippen LogP contribution in [0.2, 0.25) is 0 Å². The van der Waals surface area contributed by atoms with Crippen molar-refractivity contribution in [1.82, 2.24) is 15.3 Å². The number of aromatic nitrogens is 2. The molecule has 1 aliphatic rings. The number of nitrogens with zero attached hydrogens (tertiary/aromatic N) is 4. The van der Waals surface area contributed by atoms with Crippen molar-refractivity contribution in [2.75, 3.05) is 43.5 Å². The van der Waals surface area contributed by atoms with E-state index in [-0.39, 0.29) is 5.91 Å². The van der Waals surface area contributed by atoms with E-state index in [2.05, 4.69) is 15.3 Å². The second kappa shape index (κ2) is 9.23. The van der Waals surface area contributed by atoms with Crippen LogP contribution >= 0.6 is 11.3 Å². The number of anilines is 2. The van der Waals surface area contributed by atoms with Crippen LogP contribution in [0.25, 0.3) is 0 Å². The molecule has 4 rings (SSSR count). The van der Waals surface area contributed by atoms with E-state index in [9.17, 15) is 9.90 Å². The van der Waals surface area contributed by atoms with Crippen molar-refractivity contribution in [3.8, 4) is 5.75 Å². The Balaban J connectivity index is 1.64. The number of aryl methyl sites for hydroxylation is 1. The number of rotatable bonds is 7. The Labute approximate surface area is 191 Å². The fraction of sp³-hybridized carbons (Fsp3) is 0.348. The fourth-order valence-electron chi connectivity index (χ4n) is 3.68. The molecule has 0 bridgehead atoms. The monoisotopic (exact) mass is 453 g/mol. The molecule has 0 unspecified atom stereocenters. The zero-order chi connectivity index (χ0) is 22.7. The van der Waals surface area contributed by atoms with Crippen LogP contribution in [-0.2, 0) is 5.79 Å². The normalized spacial score (nSPS) is 15.8. The molecule has 1 amide bonds. The number of amides is 1. The third-order valence-corrected chi connectivity index (χ3v) is 6.42. The summed E-state index contributed by atoms with van der Waals surface area (Å²) >= 11 is 1.44. The second-order valence-corrected chi connectivity index (χ2v) is 8.70. The van der Waals surface area contributed by atoms with Gasteiger partial charge in [-0.3, -0.25) is 4.79 Å². The maximum Gasteiger partial charge on any atom is 0.263 e. The molecule has 0 spiro atoms. The number of likely N-dealkylation sites (N-methyl/N-ethyl adjacent to an activating group) is 1. The van der Waals surface area contributed by atoms with Gasteiger partial charge in [0.25, 0.3) is 5.91 Å².